The largest absolute Gasteiger partial charge is 0.493 e. The van der Waals surface area contributed by atoms with Gasteiger partial charge in [-0.2, -0.15) is 5.10 Å². The highest BCUT2D eigenvalue weighted by atomic mass is 16.5. The van der Waals surface area contributed by atoms with Gasteiger partial charge in [0.1, 0.15) is 0 Å². The van der Waals surface area contributed by atoms with Crippen LogP contribution < -0.4 is 14.4 Å². The topological polar surface area (TPSA) is 39.5 Å². The average molecular weight is 349 g/mol. The molecule has 1 aromatic heterocycles. The van der Waals surface area contributed by atoms with Crippen LogP contribution in [-0.2, 0) is 0 Å². The molecule has 0 amide bonds. The molecule has 0 spiro atoms. The molecule has 4 rings (SSSR count). The number of rotatable bonds is 5. The van der Waals surface area contributed by atoms with Gasteiger partial charge >= 0.3 is 0 Å². The Hall–Kier alpha value is -2.95. The molecule has 0 atom stereocenters. The maximum Gasteiger partial charge on any atom is 0.161 e. The van der Waals surface area contributed by atoms with Gasteiger partial charge in [0.25, 0.3) is 0 Å². The summed E-state index contributed by atoms with van der Waals surface area (Å²) < 4.78 is 12.7. The first-order valence-corrected chi connectivity index (χ1v) is 8.92. The van der Waals surface area contributed by atoms with E-state index >= 15 is 0 Å². The Kier molecular flexibility index (Phi) is 4.52. The lowest BCUT2D eigenvalue weighted by molar-refractivity contribution is 0.355. The smallest absolute Gasteiger partial charge is 0.161 e. The number of benzene rings is 2. The lowest BCUT2D eigenvalue weighted by atomic mass is 10.1. The molecule has 0 saturated carbocycles. The Morgan fingerprint density at radius 1 is 0.808 bits per heavy atom. The molecule has 1 aliphatic rings. The summed E-state index contributed by atoms with van der Waals surface area (Å²) in [5.41, 5.74) is 4.37. The van der Waals surface area contributed by atoms with Gasteiger partial charge < -0.3 is 14.4 Å². The summed E-state index contributed by atoms with van der Waals surface area (Å²) in [5.74, 6) is 1.43. The number of nitrogens with zero attached hydrogens (tertiary/aromatic N) is 3. The molecule has 0 N–H and O–H groups in total. The van der Waals surface area contributed by atoms with Crippen molar-refractivity contribution in [3.63, 3.8) is 0 Å². The average Bonchev–Trinajstić information content (AvgIpc) is 3.39. The third kappa shape index (κ3) is 3.01. The first-order chi connectivity index (χ1) is 12.8. The van der Waals surface area contributed by atoms with Crippen LogP contribution in [0.1, 0.15) is 12.8 Å². The van der Waals surface area contributed by atoms with Crippen LogP contribution in [0.3, 0.4) is 0 Å². The molecule has 0 unspecified atom stereocenters. The van der Waals surface area contributed by atoms with Crippen LogP contribution in [0.2, 0.25) is 0 Å². The fraction of sp³-hybridized carbons (Fsp3) is 0.286. The Balaban J connectivity index is 1.66. The molecule has 0 aliphatic carbocycles. The molecule has 0 radical (unpaired) electrons. The van der Waals surface area contributed by atoms with Crippen LogP contribution in [-0.4, -0.2) is 37.1 Å². The summed E-state index contributed by atoms with van der Waals surface area (Å²) >= 11 is 0. The van der Waals surface area contributed by atoms with E-state index in [-0.39, 0.29) is 0 Å². The second kappa shape index (κ2) is 7.12. The van der Waals surface area contributed by atoms with Gasteiger partial charge in [-0.05, 0) is 61.4 Å². The molecule has 1 fully saturated rings. The Labute approximate surface area is 153 Å². The summed E-state index contributed by atoms with van der Waals surface area (Å²) in [4.78, 5) is 2.43. The maximum absolute atomic E-state index is 5.43. The predicted octanol–water partition coefficient (Wildman–Crippen LogP) is 4.16. The standard InChI is InChI=1S/C21H23N3O2/c1-25-20-10-5-16(15-21(20)26-2)19-11-12-22-24(19)18-8-6-17(7-9-18)23-13-3-4-14-23/h5-12,15H,3-4,13-14H2,1-2H3. The zero-order chi connectivity index (χ0) is 17.9. The third-order valence-corrected chi connectivity index (χ3v) is 4.89. The quantitative estimate of drug-likeness (QED) is 0.693. The molecule has 1 aliphatic heterocycles. The van der Waals surface area contributed by atoms with Crippen LogP contribution in [0.4, 0.5) is 5.69 Å². The molecule has 134 valence electrons. The summed E-state index contributed by atoms with van der Waals surface area (Å²) in [7, 11) is 3.29. The monoisotopic (exact) mass is 349 g/mol. The number of aromatic nitrogens is 2. The summed E-state index contributed by atoms with van der Waals surface area (Å²) in [5, 5.41) is 4.52. The van der Waals surface area contributed by atoms with Gasteiger partial charge in [-0.25, -0.2) is 4.68 Å². The lowest BCUT2D eigenvalue weighted by Crippen LogP contribution is -2.17. The van der Waals surface area contributed by atoms with Crippen LogP contribution in [0.15, 0.2) is 54.7 Å². The highest BCUT2D eigenvalue weighted by Crippen LogP contribution is 2.33. The molecule has 1 saturated heterocycles. The highest BCUT2D eigenvalue weighted by Gasteiger charge is 2.14. The minimum absolute atomic E-state index is 0.710. The molecule has 2 heterocycles. The van der Waals surface area contributed by atoms with E-state index in [2.05, 4.69) is 34.3 Å². The SMILES string of the molecule is COc1ccc(-c2ccnn2-c2ccc(N3CCCC3)cc2)cc1OC. The Bertz CT molecular complexity index is 881. The normalized spacial score (nSPS) is 13.8. The van der Waals surface area contributed by atoms with E-state index in [0.29, 0.717) is 5.75 Å². The molecule has 2 aromatic carbocycles. The van der Waals surface area contributed by atoms with E-state index in [1.165, 1.54) is 18.5 Å². The van der Waals surface area contributed by atoms with Gasteiger partial charge in [0, 0.05) is 24.3 Å². The van der Waals surface area contributed by atoms with Crippen LogP contribution in [0, 0.1) is 0 Å². The number of methoxy groups -OCH3 is 2. The van der Waals surface area contributed by atoms with E-state index in [9.17, 15) is 0 Å². The van der Waals surface area contributed by atoms with Crippen molar-refractivity contribution in [2.75, 3.05) is 32.2 Å². The van der Waals surface area contributed by atoms with Crippen molar-refractivity contribution < 1.29 is 9.47 Å². The van der Waals surface area contributed by atoms with E-state index in [4.69, 9.17) is 9.47 Å². The molecule has 3 aromatic rings. The highest BCUT2D eigenvalue weighted by molar-refractivity contribution is 5.66. The maximum atomic E-state index is 5.43. The van der Waals surface area contributed by atoms with Crippen molar-refractivity contribution in [1.29, 1.82) is 0 Å². The van der Waals surface area contributed by atoms with Gasteiger partial charge in [-0.1, -0.05) is 0 Å². The lowest BCUT2D eigenvalue weighted by Gasteiger charge is -2.18. The number of ether oxygens (including phenoxy) is 2. The minimum Gasteiger partial charge on any atom is -0.493 e. The van der Waals surface area contributed by atoms with Crippen LogP contribution in [0.25, 0.3) is 16.9 Å². The Morgan fingerprint density at radius 2 is 1.50 bits per heavy atom. The second-order valence-electron chi connectivity index (χ2n) is 6.41. The van der Waals surface area contributed by atoms with Gasteiger partial charge in [0.05, 0.1) is 31.8 Å². The predicted molar refractivity (Wildman–Crippen MR) is 104 cm³/mol. The van der Waals surface area contributed by atoms with Crippen molar-refractivity contribution in [2.45, 2.75) is 12.8 Å². The van der Waals surface area contributed by atoms with Crippen molar-refractivity contribution in [3.8, 4) is 28.4 Å². The van der Waals surface area contributed by atoms with Gasteiger partial charge in [0.2, 0.25) is 0 Å². The van der Waals surface area contributed by atoms with Crippen molar-refractivity contribution >= 4 is 5.69 Å². The summed E-state index contributed by atoms with van der Waals surface area (Å²) in [6, 6.07) is 16.5. The van der Waals surface area contributed by atoms with Crippen molar-refractivity contribution in [1.82, 2.24) is 9.78 Å². The Morgan fingerprint density at radius 3 is 2.19 bits per heavy atom. The van der Waals surface area contributed by atoms with Crippen LogP contribution in [0.5, 0.6) is 11.5 Å². The summed E-state index contributed by atoms with van der Waals surface area (Å²) in [6.45, 7) is 2.30. The first kappa shape index (κ1) is 16.5. The molecule has 26 heavy (non-hydrogen) atoms. The minimum atomic E-state index is 0.710. The second-order valence-corrected chi connectivity index (χ2v) is 6.41. The van der Waals surface area contributed by atoms with Gasteiger partial charge in [-0.15, -0.1) is 0 Å². The number of anilines is 1. The van der Waals surface area contributed by atoms with Crippen LogP contribution >= 0.6 is 0 Å². The van der Waals surface area contributed by atoms with E-state index in [1.54, 1.807) is 14.2 Å². The van der Waals surface area contributed by atoms with E-state index in [0.717, 1.165) is 35.8 Å². The molecule has 5 nitrogen and oxygen atoms in total. The van der Waals surface area contributed by atoms with Crippen molar-refractivity contribution in [2.24, 2.45) is 0 Å². The number of hydrogen-bond acceptors (Lipinski definition) is 4. The fourth-order valence-corrected chi connectivity index (χ4v) is 3.50. The third-order valence-electron chi connectivity index (χ3n) is 4.89. The zero-order valence-corrected chi connectivity index (χ0v) is 15.2. The van der Waals surface area contributed by atoms with Gasteiger partial charge in [-0.3, -0.25) is 0 Å². The fourth-order valence-electron chi connectivity index (χ4n) is 3.50. The summed E-state index contributed by atoms with van der Waals surface area (Å²) in [6.07, 6.45) is 4.38. The molecule has 5 heteroatoms. The molecular weight excluding hydrogens is 326 g/mol. The van der Waals surface area contributed by atoms with Crippen molar-refractivity contribution in [3.05, 3.63) is 54.7 Å². The molecule has 0 bridgehead atoms. The van der Waals surface area contributed by atoms with E-state index in [1.807, 2.05) is 35.1 Å². The van der Waals surface area contributed by atoms with Gasteiger partial charge in [0.15, 0.2) is 11.5 Å². The van der Waals surface area contributed by atoms with E-state index < -0.39 is 0 Å². The molecular formula is C21H23N3O2. The first-order valence-electron chi connectivity index (χ1n) is 8.92. The zero-order valence-electron chi connectivity index (χ0n) is 15.2. The number of hydrogen-bond donors (Lipinski definition) is 0.